The smallest absolute Gasteiger partial charge is 0.308 e. The standard InChI is InChI=1S/C29H27N7O4S2/c1-29(2,3)40-22(37)13-14-30-25(38)20-11-9-18(10-12-20)21-17-42-28(32-21)36-26(39)24(33-34-27-31-15-16-41-27)23(35-36)19-7-5-4-6-8-19/h4-12,15-17H,13-14H2,1-3H3,(H,30,38)(H,31,34)/b33-24+. The molecule has 0 fully saturated rings. The zero-order chi connectivity index (χ0) is 29.7. The minimum atomic E-state index is -0.569. The van der Waals surface area contributed by atoms with Crippen molar-refractivity contribution in [1.82, 2.24) is 15.3 Å². The van der Waals surface area contributed by atoms with Crippen molar-refractivity contribution in [2.45, 2.75) is 32.8 Å². The van der Waals surface area contributed by atoms with E-state index in [9.17, 15) is 14.4 Å². The Bertz CT molecular complexity index is 1640. The maximum atomic E-state index is 13.4. The molecule has 2 N–H and O–H groups in total. The molecule has 11 nitrogen and oxygen atoms in total. The van der Waals surface area contributed by atoms with Gasteiger partial charge < -0.3 is 10.1 Å². The van der Waals surface area contributed by atoms with Gasteiger partial charge in [-0.1, -0.05) is 42.5 Å². The predicted molar refractivity (Wildman–Crippen MR) is 164 cm³/mol. The highest BCUT2D eigenvalue weighted by Gasteiger charge is 2.36. The van der Waals surface area contributed by atoms with Crippen molar-refractivity contribution in [3.63, 3.8) is 0 Å². The molecule has 13 heteroatoms. The number of hydrogen-bond acceptors (Lipinski definition) is 11. The van der Waals surface area contributed by atoms with Gasteiger partial charge in [-0.3, -0.25) is 19.8 Å². The first-order valence-corrected chi connectivity index (χ1v) is 14.7. The molecule has 1 aliphatic rings. The molecule has 1 aliphatic heterocycles. The zero-order valence-electron chi connectivity index (χ0n) is 23.0. The minimum Gasteiger partial charge on any atom is -0.460 e. The monoisotopic (exact) mass is 601 g/mol. The third kappa shape index (κ3) is 6.93. The Balaban J connectivity index is 1.28. The molecule has 214 valence electrons. The number of aromatic nitrogens is 2. The van der Waals surface area contributed by atoms with Crippen LogP contribution < -0.4 is 15.8 Å². The Labute approximate surface area is 250 Å². The highest BCUT2D eigenvalue weighted by atomic mass is 32.1. The molecule has 0 spiro atoms. The van der Waals surface area contributed by atoms with Gasteiger partial charge in [-0.05, 0) is 32.9 Å². The molecular weight excluding hydrogens is 574 g/mol. The lowest BCUT2D eigenvalue weighted by atomic mass is 10.1. The van der Waals surface area contributed by atoms with Crippen LogP contribution in [-0.4, -0.2) is 51.3 Å². The Hall–Kier alpha value is -4.75. The van der Waals surface area contributed by atoms with Crippen molar-refractivity contribution in [2.75, 3.05) is 17.0 Å². The average molecular weight is 602 g/mol. The van der Waals surface area contributed by atoms with E-state index in [0.717, 1.165) is 11.1 Å². The molecule has 3 heterocycles. The van der Waals surface area contributed by atoms with Crippen molar-refractivity contribution >= 4 is 62.1 Å². The molecule has 4 aromatic rings. The molecule has 2 amide bonds. The molecular formula is C29H27N7O4S2. The summed E-state index contributed by atoms with van der Waals surface area (Å²) in [6, 6.07) is 16.2. The van der Waals surface area contributed by atoms with Gasteiger partial charge in [0.05, 0.1) is 12.1 Å². The summed E-state index contributed by atoms with van der Waals surface area (Å²) in [5.41, 5.74) is 5.41. The summed E-state index contributed by atoms with van der Waals surface area (Å²) in [5.74, 6) is -1.09. The largest absolute Gasteiger partial charge is 0.460 e. The zero-order valence-corrected chi connectivity index (χ0v) is 24.7. The van der Waals surface area contributed by atoms with Crippen LogP contribution in [0.1, 0.15) is 43.1 Å². The number of thiazole rings is 2. The first-order valence-electron chi connectivity index (χ1n) is 13.0. The molecule has 42 heavy (non-hydrogen) atoms. The van der Waals surface area contributed by atoms with Crippen LogP contribution in [0, 0.1) is 0 Å². The lowest BCUT2D eigenvalue weighted by Crippen LogP contribution is -2.29. The second-order valence-electron chi connectivity index (χ2n) is 10.0. The third-order valence-electron chi connectivity index (χ3n) is 5.71. The normalized spacial score (nSPS) is 14.2. The van der Waals surface area contributed by atoms with Gasteiger partial charge in [-0.15, -0.1) is 22.7 Å². The fraction of sp³-hybridized carbons (Fsp3) is 0.207. The van der Waals surface area contributed by atoms with E-state index in [1.165, 1.54) is 27.7 Å². The number of anilines is 2. The maximum Gasteiger partial charge on any atom is 0.308 e. The quantitative estimate of drug-likeness (QED) is 0.205. The molecule has 0 saturated carbocycles. The highest BCUT2D eigenvalue weighted by Crippen LogP contribution is 2.30. The highest BCUT2D eigenvalue weighted by molar-refractivity contribution is 7.14. The number of hydrogen-bond donors (Lipinski definition) is 2. The molecule has 0 unspecified atom stereocenters. The SMILES string of the molecule is CC(C)(C)OC(=O)CCNC(=O)c1ccc(-c2csc(N3N=C(c4ccccc4)/C(=N\Nc4nccs4)C3=O)n2)cc1. The summed E-state index contributed by atoms with van der Waals surface area (Å²) >= 11 is 2.63. The van der Waals surface area contributed by atoms with Crippen LogP contribution in [0.15, 0.2) is 81.8 Å². The van der Waals surface area contributed by atoms with Gasteiger partial charge in [0, 0.05) is 40.2 Å². The topological polar surface area (TPSA) is 138 Å². The summed E-state index contributed by atoms with van der Waals surface area (Å²) in [6.07, 6.45) is 1.73. The van der Waals surface area contributed by atoms with E-state index in [2.05, 4.69) is 30.9 Å². The summed E-state index contributed by atoms with van der Waals surface area (Å²) in [5, 5.41) is 17.4. The Morgan fingerprint density at radius 3 is 2.48 bits per heavy atom. The molecule has 0 aliphatic carbocycles. The van der Waals surface area contributed by atoms with Crippen molar-refractivity contribution in [1.29, 1.82) is 0 Å². The number of ether oxygens (including phenoxy) is 1. The van der Waals surface area contributed by atoms with E-state index >= 15 is 0 Å². The summed E-state index contributed by atoms with van der Waals surface area (Å²) in [4.78, 5) is 46.6. The number of carbonyl (C=O) groups is 3. The summed E-state index contributed by atoms with van der Waals surface area (Å²) < 4.78 is 5.26. The van der Waals surface area contributed by atoms with Crippen molar-refractivity contribution < 1.29 is 19.1 Å². The molecule has 0 bridgehead atoms. The second-order valence-corrected chi connectivity index (χ2v) is 11.8. The van der Waals surface area contributed by atoms with Crippen LogP contribution >= 0.6 is 22.7 Å². The van der Waals surface area contributed by atoms with Crippen molar-refractivity contribution in [2.24, 2.45) is 10.2 Å². The fourth-order valence-corrected chi connectivity index (χ4v) is 5.11. The second kappa shape index (κ2) is 12.4. The number of benzene rings is 2. The van der Waals surface area contributed by atoms with E-state index in [0.29, 0.717) is 27.2 Å². The van der Waals surface area contributed by atoms with Crippen LogP contribution in [-0.2, 0) is 14.3 Å². The number of rotatable bonds is 9. The predicted octanol–water partition coefficient (Wildman–Crippen LogP) is 4.95. The Morgan fingerprint density at radius 1 is 1.02 bits per heavy atom. The molecule has 0 saturated heterocycles. The van der Waals surface area contributed by atoms with E-state index in [-0.39, 0.29) is 30.6 Å². The summed E-state index contributed by atoms with van der Waals surface area (Å²) in [6.45, 7) is 5.56. The Kier molecular flexibility index (Phi) is 8.50. The van der Waals surface area contributed by atoms with Crippen LogP contribution in [0.4, 0.5) is 10.3 Å². The lowest BCUT2D eigenvalue weighted by molar-refractivity contribution is -0.154. The van der Waals surface area contributed by atoms with Crippen molar-refractivity contribution in [3.8, 4) is 11.3 Å². The molecule has 2 aromatic heterocycles. The van der Waals surface area contributed by atoms with Gasteiger partial charge in [0.25, 0.3) is 5.91 Å². The van der Waals surface area contributed by atoms with Gasteiger partial charge >= 0.3 is 11.9 Å². The first-order chi connectivity index (χ1) is 20.2. The minimum absolute atomic E-state index is 0.0831. The van der Waals surface area contributed by atoms with Gasteiger partial charge in [-0.2, -0.15) is 15.2 Å². The van der Waals surface area contributed by atoms with Gasteiger partial charge in [0.1, 0.15) is 11.3 Å². The van der Waals surface area contributed by atoms with E-state index < -0.39 is 11.5 Å². The molecule has 5 rings (SSSR count). The molecule has 0 radical (unpaired) electrons. The fourth-order valence-electron chi connectivity index (χ4n) is 3.86. The number of amides is 2. The van der Waals surface area contributed by atoms with Crippen LogP contribution in [0.25, 0.3) is 11.3 Å². The number of nitrogens with one attached hydrogen (secondary N) is 2. The first kappa shape index (κ1) is 28.8. The third-order valence-corrected chi connectivity index (χ3v) is 7.21. The Morgan fingerprint density at radius 2 is 1.79 bits per heavy atom. The molecule has 2 aromatic carbocycles. The summed E-state index contributed by atoms with van der Waals surface area (Å²) in [7, 11) is 0. The van der Waals surface area contributed by atoms with Crippen LogP contribution in [0.3, 0.4) is 0 Å². The molecule has 0 atom stereocenters. The lowest BCUT2D eigenvalue weighted by Gasteiger charge is -2.19. The number of esters is 1. The van der Waals surface area contributed by atoms with Gasteiger partial charge in [-0.25, -0.2) is 9.97 Å². The number of nitrogens with zero attached hydrogens (tertiary/aromatic N) is 5. The maximum absolute atomic E-state index is 13.4. The van der Waals surface area contributed by atoms with Crippen molar-refractivity contribution in [3.05, 3.63) is 82.7 Å². The number of hydrazone groups is 2. The van der Waals surface area contributed by atoms with E-state index in [1.807, 2.05) is 35.7 Å². The van der Waals surface area contributed by atoms with E-state index in [4.69, 9.17) is 4.74 Å². The number of carbonyl (C=O) groups excluding carboxylic acids is 3. The average Bonchev–Trinajstić information content (AvgIpc) is 3.72. The van der Waals surface area contributed by atoms with Crippen LogP contribution in [0.5, 0.6) is 0 Å². The van der Waals surface area contributed by atoms with Crippen LogP contribution in [0.2, 0.25) is 0 Å². The van der Waals surface area contributed by atoms with E-state index in [1.54, 1.807) is 56.6 Å². The van der Waals surface area contributed by atoms with Gasteiger partial charge in [0.15, 0.2) is 5.71 Å². The van der Waals surface area contributed by atoms with Gasteiger partial charge in [0.2, 0.25) is 10.3 Å².